The highest BCUT2D eigenvalue weighted by Gasteiger charge is 2.24. The van der Waals surface area contributed by atoms with Gasteiger partial charge in [-0.3, -0.25) is 9.59 Å². The van der Waals surface area contributed by atoms with Gasteiger partial charge in [-0.05, 0) is 41.5 Å². The van der Waals surface area contributed by atoms with Gasteiger partial charge >= 0.3 is 5.97 Å². The van der Waals surface area contributed by atoms with Gasteiger partial charge in [0.1, 0.15) is 11.7 Å². The van der Waals surface area contributed by atoms with E-state index in [-0.39, 0.29) is 17.9 Å². The third-order valence-corrected chi connectivity index (χ3v) is 4.78. The van der Waals surface area contributed by atoms with Gasteiger partial charge in [-0.2, -0.15) is 0 Å². The number of carbonyl (C=O) groups excluding carboxylic acids is 2. The van der Waals surface area contributed by atoms with Crippen LogP contribution >= 0.6 is 15.9 Å². The number of halogens is 1. The fourth-order valence-corrected chi connectivity index (χ4v) is 3.22. The number of furan rings is 1. The van der Waals surface area contributed by atoms with Crippen LogP contribution in [0.25, 0.3) is 6.08 Å². The van der Waals surface area contributed by atoms with Crippen molar-refractivity contribution in [2.45, 2.75) is 12.5 Å². The van der Waals surface area contributed by atoms with Crippen LogP contribution in [0.4, 0.5) is 0 Å². The molecule has 0 bridgehead atoms. The first-order chi connectivity index (χ1) is 14.9. The summed E-state index contributed by atoms with van der Waals surface area (Å²) in [6.07, 6.45) is 2.90. The summed E-state index contributed by atoms with van der Waals surface area (Å²) < 4.78 is 5.85. The Hall–Kier alpha value is -3.65. The van der Waals surface area contributed by atoms with Crippen LogP contribution in [-0.2, 0) is 16.0 Å². The minimum atomic E-state index is -1.18. The number of amides is 2. The Labute approximate surface area is 186 Å². The van der Waals surface area contributed by atoms with Crippen molar-refractivity contribution >= 4 is 39.8 Å². The van der Waals surface area contributed by atoms with Crippen molar-refractivity contribution in [1.29, 1.82) is 0 Å². The second kappa shape index (κ2) is 10.4. The molecule has 3 aromatic rings. The first-order valence-corrected chi connectivity index (χ1v) is 10.1. The molecule has 0 radical (unpaired) electrons. The number of benzene rings is 2. The SMILES string of the molecule is O=C(N[C@@H](Cc1ccccc1)C(=O)O)/C(=C\c1cccc(Br)c1)NC(=O)c1ccco1. The molecule has 0 aliphatic heterocycles. The van der Waals surface area contributed by atoms with Crippen LogP contribution in [0.2, 0.25) is 0 Å². The molecule has 0 spiro atoms. The number of hydrogen-bond donors (Lipinski definition) is 3. The highest BCUT2D eigenvalue weighted by molar-refractivity contribution is 9.10. The molecule has 3 rings (SSSR count). The number of carbonyl (C=O) groups is 3. The number of aliphatic carboxylic acids is 1. The van der Waals surface area contributed by atoms with E-state index in [1.54, 1.807) is 48.5 Å². The second-order valence-electron chi connectivity index (χ2n) is 6.60. The largest absolute Gasteiger partial charge is 0.480 e. The minimum Gasteiger partial charge on any atom is -0.480 e. The van der Waals surface area contributed by atoms with Gasteiger partial charge in [-0.25, -0.2) is 4.79 Å². The third kappa shape index (κ3) is 6.42. The molecule has 2 amide bonds. The highest BCUT2D eigenvalue weighted by atomic mass is 79.9. The summed E-state index contributed by atoms with van der Waals surface area (Å²) in [5.74, 6) is -2.53. The molecular weight excluding hydrogens is 464 g/mol. The summed E-state index contributed by atoms with van der Waals surface area (Å²) >= 11 is 3.36. The average Bonchev–Trinajstić information content (AvgIpc) is 3.28. The zero-order valence-electron chi connectivity index (χ0n) is 16.2. The first kappa shape index (κ1) is 22.0. The van der Waals surface area contributed by atoms with Crippen LogP contribution < -0.4 is 10.6 Å². The van der Waals surface area contributed by atoms with E-state index in [0.29, 0.717) is 5.56 Å². The van der Waals surface area contributed by atoms with E-state index in [1.165, 1.54) is 18.4 Å². The summed E-state index contributed by atoms with van der Waals surface area (Å²) in [5, 5.41) is 14.6. The molecule has 0 saturated heterocycles. The highest BCUT2D eigenvalue weighted by Crippen LogP contribution is 2.15. The number of hydrogen-bond acceptors (Lipinski definition) is 4. The smallest absolute Gasteiger partial charge is 0.326 e. The molecule has 0 aliphatic carbocycles. The quantitative estimate of drug-likeness (QED) is 0.424. The molecule has 158 valence electrons. The van der Waals surface area contributed by atoms with Crippen LogP contribution in [0.1, 0.15) is 21.7 Å². The van der Waals surface area contributed by atoms with E-state index in [2.05, 4.69) is 26.6 Å². The van der Waals surface area contributed by atoms with Crippen LogP contribution in [0, 0.1) is 0 Å². The number of nitrogens with one attached hydrogen (secondary N) is 2. The van der Waals surface area contributed by atoms with Gasteiger partial charge in [0.2, 0.25) is 0 Å². The van der Waals surface area contributed by atoms with Gasteiger partial charge < -0.3 is 20.2 Å². The summed E-state index contributed by atoms with van der Waals surface area (Å²) in [6.45, 7) is 0. The normalized spacial score (nSPS) is 12.1. The Morgan fingerprint density at radius 2 is 1.81 bits per heavy atom. The Balaban J connectivity index is 1.85. The van der Waals surface area contributed by atoms with Crippen LogP contribution in [0.5, 0.6) is 0 Å². The van der Waals surface area contributed by atoms with Crippen molar-refractivity contribution in [3.8, 4) is 0 Å². The summed E-state index contributed by atoms with van der Waals surface area (Å²) in [7, 11) is 0. The van der Waals surface area contributed by atoms with Gasteiger partial charge in [0.15, 0.2) is 5.76 Å². The van der Waals surface area contributed by atoms with E-state index in [9.17, 15) is 19.5 Å². The van der Waals surface area contributed by atoms with E-state index in [1.807, 2.05) is 12.1 Å². The monoisotopic (exact) mass is 482 g/mol. The van der Waals surface area contributed by atoms with Crippen molar-refractivity contribution in [2.24, 2.45) is 0 Å². The molecule has 0 saturated carbocycles. The number of rotatable bonds is 8. The fraction of sp³-hybridized carbons (Fsp3) is 0.0870. The topological polar surface area (TPSA) is 109 Å². The molecule has 3 N–H and O–H groups in total. The van der Waals surface area contributed by atoms with Crippen LogP contribution in [0.3, 0.4) is 0 Å². The zero-order valence-corrected chi connectivity index (χ0v) is 17.8. The number of carboxylic acid groups (broad SMARTS) is 1. The lowest BCUT2D eigenvalue weighted by Crippen LogP contribution is -2.45. The zero-order chi connectivity index (χ0) is 22.2. The van der Waals surface area contributed by atoms with Gasteiger partial charge in [-0.15, -0.1) is 0 Å². The van der Waals surface area contributed by atoms with Gasteiger partial charge in [0.25, 0.3) is 11.8 Å². The van der Waals surface area contributed by atoms with E-state index in [4.69, 9.17) is 4.42 Å². The summed E-state index contributed by atoms with van der Waals surface area (Å²) in [6, 6.07) is 17.9. The molecule has 0 fully saturated rings. The Morgan fingerprint density at radius 1 is 1.03 bits per heavy atom. The number of carboxylic acids is 1. The van der Waals surface area contributed by atoms with E-state index < -0.39 is 23.8 Å². The Morgan fingerprint density at radius 3 is 2.45 bits per heavy atom. The van der Waals surface area contributed by atoms with E-state index >= 15 is 0 Å². The van der Waals surface area contributed by atoms with Gasteiger partial charge in [0, 0.05) is 10.9 Å². The van der Waals surface area contributed by atoms with Gasteiger partial charge in [0.05, 0.1) is 6.26 Å². The van der Waals surface area contributed by atoms with E-state index in [0.717, 1.165) is 10.0 Å². The molecule has 1 aromatic heterocycles. The van der Waals surface area contributed by atoms with Crippen molar-refractivity contribution in [1.82, 2.24) is 10.6 Å². The lowest BCUT2D eigenvalue weighted by atomic mass is 10.1. The molecule has 1 atom stereocenters. The molecule has 1 heterocycles. The lowest BCUT2D eigenvalue weighted by Gasteiger charge is -2.16. The maximum Gasteiger partial charge on any atom is 0.326 e. The summed E-state index contributed by atoms with van der Waals surface area (Å²) in [5.41, 5.74) is 1.28. The molecule has 0 unspecified atom stereocenters. The Kier molecular flexibility index (Phi) is 7.40. The molecule has 0 aliphatic rings. The minimum absolute atomic E-state index is 0.0204. The van der Waals surface area contributed by atoms with Crippen molar-refractivity contribution < 1.29 is 23.9 Å². The maximum atomic E-state index is 12.9. The van der Waals surface area contributed by atoms with Gasteiger partial charge in [-0.1, -0.05) is 58.4 Å². The molecule has 8 heteroatoms. The van der Waals surface area contributed by atoms with Crippen LogP contribution in [-0.4, -0.2) is 28.9 Å². The Bertz CT molecular complexity index is 1090. The summed E-state index contributed by atoms with van der Waals surface area (Å²) in [4.78, 5) is 37.1. The van der Waals surface area contributed by atoms with Crippen LogP contribution in [0.15, 0.2) is 87.6 Å². The predicted molar refractivity (Wildman–Crippen MR) is 118 cm³/mol. The first-order valence-electron chi connectivity index (χ1n) is 9.32. The molecule has 31 heavy (non-hydrogen) atoms. The molecule has 2 aromatic carbocycles. The van der Waals surface area contributed by atoms with Crippen molar-refractivity contribution in [2.75, 3.05) is 0 Å². The third-order valence-electron chi connectivity index (χ3n) is 4.28. The second-order valence-corrected chi connectivity index (χ2v) is 7.51. The average molecular weight is 483 g/mol. The standard InChI is InChI=1S/C23H19BrN2O5/c24-17-9-4-8-16(12-17)14-18(25-22(28)20-10-5-11-31-20)21(27)26-19(23(29)30)13-15-6-2-1-3-7-15/h1-12,14,19H,13H2,(H,25,28)(H,26,27)(H,29,30)/b18-14+/t19-/m0/s1. The predicted octanol–water partition coefficient (Wildman–Crippen LogP) is 3.63. The lowest BCUT2D eigenvalue weighted by molar-refractivity contribution is -0.141. The molecular formula is C23H19BrN2O5. The van der Waals surface area contributed by atoms with Crippen molar-refractivity contribution in [3.05, 3.63) is 100 Å². The molecule has 7 nitrogen and oxygen atoms in total. The van der Waals surface area contributed by atoms with Crippen molar-refractivity contribution in [3.63, 3.8) is 0 Å². The fourth-order valence-electron chi connectivity index (χ4n) is 2.80. The maximum absolute atomic E-state index is 12.9.